The Morgan fingerprint density at radius 3 is 2.94 bits per heavy atom. The van der Waals surface area contributed by atoms with Gasteiger partial charge in [0.2, 0.25) is 10.0 Å². The molecule has 0 N–H and O–H groups in total. The summed E-state index contributed by atoms with van der Waals surface area (Å²) in [6.45, 7) is 2.85. The van der Waals surface area contributed by atoms with Crippen LogP contribution < -0.4 is 0 Å². The molecule has 17 heavy (non-hydrogen) atoms. The highest BCUT2D eigenvalue weighted by atomic mass is 32.2. The summed E-state index contributed by atoms with van der Waals surface area (Å²) in [7, 11) is -3.08. The van der Waals surface area contributed by atoms with E-state index < -0.39 is 10.0 Å². The third kappa shape index (κ3) is 2.81. The van der Waals surface area contributed by atoms with Crippen LogP contribution in [0.3, 0.4) is 0 Å². The van der Waals surface area contributed by atoms with Crippen molar-refractivity contribution < 1.29 is 8.42 Å². The third-order valence-electron chi connectivity index (χ3n) is 3.14. The van der Waals surface area contributed by atoms with Gasteiger partial charge in [-0.1, -0.05) is 0 Å². The minimum atomic E-state index is -3.08. The highest BCUT2D eigenvalue weighted by Crippen LogP contribution is 2.26. The number of sulfonamides is 1. The first-order valence-corrected chi connectivity index (χ1v) is 7.48. The summed E-state index contributed by atoms with van der Waals surface area (Å²) in [4.78, 5) is 8.30. The van der Waals surface area contributed by atoms with Crippen LogP contribution in [-0.2, 0) is 10.0 Å². The number of rotatable bonds is 3. The van der Waals surface area contributed by atoms with E-state index in [1.807, 2.05) is 0 Å². The Labute approximate surface area is 102 Å². The van der Waals surface area contributed by atoms with E-state index in [1.165, 1.54) is 0 Å². The van der Waals surface area contributed by atoms with Crippen LogP contribution in [-0.4, -0.2) is 41.5 Å². The Hall–Kier alpha value is -1.01. The standard InChI is InChI=1S/C11H17N3O2S/c1-2-17(15,16)14-7-3-4-10(9-14)11-8-12-5-6-13-11/h5-6,8,10H,2-4,7,9H2,1H3/t10-/m1/s1. The van der Waals surface area contributed by atoms with Crippen LogP contribution in [0, 0.1) is 0 Å². The Morgan fingerprint density at radius 1 is 1.47 bits per heavy atom. The van der Waals surface area contributed by atoms with Gasteiger partial charge in [-0.05, 0) is 19.8 Å². The smallest absolute Gasteiger partial charge is 0.213 e. The van der Waals surface area contributed by atoms with Gasteiger partial charge in [-0.2, -0.15) is 0 Å². The SMILES string of the molecule is CCS(=O)(=O)N1CCC[C@@H](c2cnccn2)C1. The second kappa shape index (κ2) is 5.10. The molecule has 0 amide bonds. The lowest BCUT2D eigenvalue weighted by molar-refractivity contribution is 0.312. The van der Waals surface area contributed by atoms with Crippen LogP contribution in [0.1, 0.15) is 31.4 Å². The summed E-state index contributed by atoms with van der Waals surface area (Å²) in [5.41, 5.74) is 0.892. The Balaban J connectivity index is 2.13. The molecule has 0 aromatic carbocycles. The lowest BCUT2D eigenvalue weighted by atomic mass is 9.96. The van der Waals surface area contributed by atoms with Crippen molar-refractivity contribution >= 4 is 10.0 Å². The highest BCUT2D eigenvalue weighted by molar-refractivity contribution is 7.89. The van der Waals surface area contributed by atoms with Gasteiger partial charge in [-0.15, -0.1) is 0 Å². The lowest BCUT2D eigenvalue weighted by Crippen LogP contribution is -2.40. The van der Waals surface area contributed by atoms with Gasteiger partial charge in [0.15, 0.2) is 0 Å². The van der Waals surface area contributed by atoms with Gasteiger partial charge in [-0.3, -0.25) is 9.97 Å². The van der Waals surface area contributed by atoms with Crippen molar-refractivity contribution in [1.29, 1.82) is 0 Å². The quantitative estimate of drug-likeness (QED) is 0.808. The molecular weight excluding hydrogens is 238 g/mol. The second-order valence-electron chi connectivity index (χ2n) is 4.23. The molecule has 0 bridgehead atoms. The molecule has 1 aliphatic heterocycles. The zero-order valence-electron chi connectivity index (χ0n) is 9.91. The average molecular weight is 255 g/mol. The van der Waals surface area contributed by atoms with Gasteiger partial charge in [0.1, 0.15) is 0 Å². The minimum Gasteiger partial charge on any atom is -0.261 e. The summed E-state index contributed by atoms with van der Waals surface area (Å²) in [6.07, 6.45) is 6.89. The zero-order valence-corrected chi connectivity index (χ0v) is 10.7. The summed E-state index contributed by atoms with van der Waals surface area (Å²) in [5.74, 6) is 0.346. The number of piperidine rings is 1. The fraction of sp³-hybridized carbons (Fsp3) is 0.636. The maximum Gasteiger partial charge on any atom is 0.213 e. The van der Waals surface area contributed by atoms with Gasteiger partial charge in [-0.25, -0.2) is 12.7 Å². The normalized spacial score (nSPS) is 22.5. The first-order chi connectivity index (χ1) is 8.13. The molecule has 94 valence electrons. The van der Waals surface area contributed by atoms with Gasteiger partial charge in [0.05, 0.1) is 11.4 Å². The Morgan fingerprint density at radius 2 is 2.29 bits per heavy atom. The molecule has 1 aromatic rings. The van der Waals surface area contributed by atoms with Crippen LogP contribution >= 0.6 is 0 Å². The molecule has 0 spiro atoms. The molecule has 1 aliphatic rings. The molecule has 1 aromatic heterocycles. The molecule has 2 rings (SSSR count). The van der Waals surface area contributed by atoms with Gasteiger partial charge >= 0.3 is 0 Å². The third-order valence-corrected chi connectivity index (χ3v) is 4.99. The van der Waals surface area contributed by atoms with E-state index in [2.05, 4.69) is 9.97 Å². The molecule has 2 heterocycles. The number of aromatic nitrogens is 2. The van der Waals surface area contributed by atoms with Gasteiger partial charge < -0.3 is 0 Å². The first-order valence-electron chi connectivity index (χ1n) is 5.87. The predicted molar refractivity (Wildman–Crippen MR) is 65.0 cm³/mol. The minimum absolute atomic E-state index is 0.167. The van der Waals surface area contributed by atoms with Crippen molar-refractivity contribution in [2.75, 3.05) is 18.8 Å². The van der Waals surface area contributed by atoms with Crippen molar-refractivity contribution in [3.05, 3.63) is 24.3 Å². The van der Waals surface area contributed by atoms with Gasteiger partial charge in [0, 0.05) is 37.6 Å². The lowest BCUT2D eigenvalue weighted by Gasteiger charge is -2.31. The summed E-state index contributed by atoms with van der Waals surface area (Å²) in [6, 6.07) is 0. The predicted octanol–water partition coefficient (Wildman–Crippen LogP) is 1.01. The van der Waals surface area contributed by atoms with E-state index in [0.717, 1.165) is 18.5 Å². The van der Waals surface area contributed by atoms with Crippen LogP contribution in [0.2, 0.25) is 0 Å². The maximum atomic E-state index is 11.8. The molecule has 0 radical (unpaired) electrons. The molecule has 1 saturated heterocycles. The monoisotopic (exact) mass is 255 g/mol. The van der Waals surface area contributed by atoms with E-state index in [1.54, 1.807) is 29.8 Å². The topological polar surface area (TPSA) is 63.2 Å². The van der Waals surface area contributed by atoms with Crippen molar-refractivity contribution in [1.82, 2.24) is 14.3 Å². The van der Waals surface area contributed by atoms with E-state index in [9.17, 15) is 8.42 Å². The first kappa shape index (κ1) is 12.4. The average Bonchev–Trinajstić information content (AvgIpc) is 2.40. The second-order valence-corrected chi connectivity index (χ2v) is 6.49. The number of hydrogen-bond acceptors (Lipinski definition) is 4. The van der Waals surface area contributed by atoms with Gasteiger partial charge in [0.25, 0.3) is 0 Å². The molecule has 0 saturated carbocycles. The molecule has 0 aliphatic carbocycles. The number of hydrogen-bond donors (Lipinski definition) is 0. The maximum absolute atomic E-state index is 11.8. The van der Waals surface area contributed by atoms with E-state index in [0.29, 0.717) is 13.1 Å². The van der Waals surface area contributed by atoms with Crippen molar-refractivity contribution in [2.45, 2.75) is 25.7 Å². The van der Waals surface area contributed by atoms with Crippen molar-refractivity contribution in [3.8, 4) is 0 Å². The van der Waals surface area contributed by atoms with Crippen molar-refractivity contribution in [3.63, 3.8) is 0 Å². The summed E-state index contributed by atoms with van der Waals surface area (Å²) < 4.78 is 25.2. The largest absolute Gasteiger partial charge is 0.261 e. The van der Waals surface area contributed by atoms with E-state index in [-0.39, 0.29) is 11.7 Å². The molecule has 6 heteroatoms. The summed E-state index contributed by atoms with van der Waals surface area (Å²) in [5, 5.41) is 0. The van der Waals surface area contributed by atoms with Crippen LogP contribution in [0.4, 0.5) is 0 Å². The van der Waals surface area contributed by atoms with E-state index >= 15 is 0 Å². The van der Waals surface area contributed by atoms with E-state index in [4.69, 9.17) is 0 Å². The molecule has 1 atom stereocenters. The molecular formula is C11H17N3O2S. The summed E-state index contributed by atoms with van der Waals surface area (Å²) >= 11 is 0. The van der Waals surface area contributed by atoms with Crippen molar-refractivity contribution in [2.24, 2.45) is 0 Å². The fourth-order valence-corrected chi connectivity index (χ4v) is 3.32. The number of nitrogens with zero attached hydrogens (tertiary/aromatic N) is 3. The Kier molecular flexibility index (Phi) is 3.73. The van der Waals surface area contributed by atoms with Crippen LogP contribution in [0.5, 0.6) is 0 Å². The van der Waals surface area contributed by atoms with Crippen LogP contribution in [0.25, 0.3) is 0 Å². The molecule has 1 fully saturated rings. The fourth-order valence-electron chi connectivity index (χ4n) is 2.14. The van der Waals surface area contributed by atoms with Crippen LogP contribution in [0.15, 0.2) is 18.6 Å². The highest BCUT2D eigenvalue weighted by Gasteiger charge is 2.28. The zero-order chi connectivity index (χ0) is 12.3. The Bertz CT molecular complexity index is 461. The molecule has 5 nitrogen and oxygen atoms in total. The molecule has 0 unspecified atom stereocenters.